The van der Waals surface area contributed by atoms with Crippen molar-refractivity contribution in [3.63, 3.8) is 0 Å². The molecule has 3 aromatic carbocycles. The largest absolute Gasteiger partial charge is 0.0622 e. The predicted octanol–water partition coefficient (Wildman–Crippen LogP) is 4.75. The van der Waals surface area contributed by atoms with Gasteiger partial charge in [-0.2, -0.15) is 0 Å². The average Bonchev–Trinajstić information content (AvgIpc) is 2.58. The van der Waals surface area contributed by atoms with Gasteiger partial charge in [-0.1, -0.05) is 97.9 Å². The normalized spacial score (nSPS) is 12.3. The molecule has 3 aromatic rings. The van der Waals surface area contributed by atoms with E-state index in [2.05, 4.69) is 97.9 Å². The highest BCUT2D eigenvalue weighted by atomic mass is 31.1. The van der Waals surface area contributed by atoms with E-state index in [4.69, 9.17) is 0 Å². The molecule has 0 aliphatic heterocycles. The Balaban J connectivity index is 1.92. The Morgan fingerprint density at radius 2 is 1.05 bits per heavy atom. The molecule has 110 valence electrons. The van der Waals surface area contributed by atoms with Crippen LogP contribution in [0.15, 0.2) is 91.0 Å². The second kappa shape index (κ2) is 7.38. The SMILES string of the molecule is CC(Cc1ccccc1)P(c1ccccc1)c1ccccc1. The fourth-order valence-electron chi connectivity index (χ4n) is 2.88. The van der Waals surface area contributed by atoms with Gasteiger partial charge in [-0.3, -0.25) is 0 Å². The van der Waals surface area contributed by atoms with Crippen LogP contribution in [0.3, 0.4) is 0 Å². The molecule has 3 rings (SSSR count). The van der Waals surface area contributed by atoms with E-state index in [1.165, 1.54) is 16.2 Å². The summed E-state index contributed by atoms with van der Waals surface area (Å²) in [5.41, 5.74) is 2.04. The third-order valence-corrected chi connectivity index (χ3v) is 6.66. The van der Waals surface area contributed by atoms with E-state index in [0.29, 0.717) is 5.66 Å². The second-order valence-electron chi connectivity index (χ2n) is 5.58. The Bertz CT molecular complexity index is 637. The van der Waals surface area contributed by atoms with Crippen LogP contribution in [-0.4, -0.2) is 5.66 Å². The lowest BCUT2D eigenvalue weighted by Crippen LogP contribution is -2.21. The quantitative estimate of drug-likeness (QED) is 0.597. The lowest BCUT2D eigenvalue weighted by molar-refractivity contribution is 0.935. The van der Waals surface area contributed by atoms with Gasteiger partial charge in [0.1, 0.15) is 0 Å². The van der Waals surface area contributed by atoms with Gasteiger partial charge in [-0.15, -0.1) is 0 Å². The van der Waals surface area contributed by atoms with Crippen LogP contribution >= 0.6 is 7.92 Å². The van der Waals surface area contributed by atoms with Gasteiger partial charge in [0.25, 0.3) is 0 Å². The van der Waals surface area contributed by atoms with Crippen molar-refractivity contribution in [1.82, 2.24) is 0 Å². The van der Waals surface area contributed by atoms with Crippen molar-refractivity contribution in [3.8, 4) is 0 Å². The van der Waals surface area contributed by atoms with Gasteiger partial charge in [-0.25, -0.2) is 0 Å². The summed E-state index contributed by atoms with van der Waals surface area (Å²) in [5, 5.41) is 2.93. The van der Waals surface area contributed by atoms with Gasteiger partial charge in [0, 0.05) is 0 Å². The summed E-state index contributed by atoms with van der Waals surface area (Å²) in [4.78, 5) is 0. The van der Waals surface area contributed by atoms with E-state index < -0.39 is 0 Å². The van der Waals surface area contributed by atoms with E-state index in [-0.39, 0.29) is 7.92 Å². The predicted molar refractivity (Wildman–Crippen MR) is 98.7 cm³/mol. The summed E-state index contributed by atoms with van der Waals surface area (Å²) in [6.45, 7) is 2.39. The molecule has 0 aliphatic carbocycles. The first-order valence-electron chi connectivity index (χ1n) is 7.78. The van der Waals surface area contributed by atoms with Gasteiger partial charge < -0.3 is 0 Å². The fraction of sp³-hybridized carbons (Fsp3) is 0.143. The van der Waals surface area contributed by atoms with Crippen molar-refractivity contribution in [3.05, 3.63) is 96.6 Å². The Hall–Kier alpha value is -1.91. The number of rotatable bonds is 5. The van der Waals surface area contributed by atoms with Crippen molar-refractivity contribution in [2.45, 2.75) is 19.0 Å². The van der Waals surface area contributed by atoms with E-state index in [0.717, 1.165) is 6.42 Å². The third-order valence-electron chi connectivity index (χ3n) is 3.88. The van der Waals surface area contributed by atoms with Crippen LogP contribution in [0.1, 0.15) is 12.5 Å². The zero-order valence-electron chi connectivity index (χ0n) is 12.9. The van der Waals surface area contributed by atoms with Crippen molar-refractivity contribution >= 4 is 18.5 Å². The fourth-order valence-corrected chi connectivity index (χ4v) is 5.58. The smallest absolute Gasteiger partial charge is 0.0117 e. The summed E-state index contributed by atoms with van der Waals surface area (Å²) >= 11 is 0. The molecule has 0 fully saturated rings. The molecular formula is C21H21P. The summed E-state index contributed by atoms with van der Waals surface area (Å²) in [5.74, 6) is 0. The van der Waals surface area contributed by atoms with Crippen molar-refractivity contribution in [2.75, 3.05) is 0 Å². The average molecular weight is 304 g/mol. The van der Waals surface area contributed by atoms with Crippen LogP contribution < -0.4 is 10.6 Å². The first-order chi connectivity index (χ1) is 10.8. The summed E-state index contributed by atoms with van der Waals surface area (Å²) < 4.78 is 0. The molecule has 0 spiro atoms. The van der Waals surface area contributed by atoms with Crippen molar-refractivity contribution in [1.29, 1.82) is 0 Å². The number of hydrogen-bond donors (Lipinski definition) is 0. The number of hydrogen-bond acceptors (Lipinski definition) is 0. The van der Waals surface area contributed by atoms with Gasteiger partial charge >= 0.3 is 0 Å². The highest BCUT2D eigenvalue weighted by molar-refractivity contribution is 7.73. The Kier molecular flexibility index (Phi) is 5.03. The second-order valence-corrected chi connectivity index (χ2v) is 8.23. The van der Waals surface area contributed by atoms with Gasteiger partial charge in [-0.05, 0) is 36.2 Å². The molecule has 22 heavy (non-hydrogen) atoms. The van der Waals surface area contributed by atoms with Crippen LogP contribution in [-0.2, 0) is 6.42 Å². The first-order valence-corrected chi connectivity index (χ1v) is 9.19. The third kappa shape index (κ3) is 3.64. The van der Waals surface area contributed by atoms with E-state index in [1.54, 1.807) is 0 Å². The maximum absolute atomic E-state index is 2.39. The molecule has 0 saturated carbocycles. The van der Waals surface area contributed by atoms with Crippen LogP contribution in [0.5, 0.6) is 0 Å². The molecule has 0 saturated heterocycles. The molecular weight excluding hydrogens is 283 g/mol. The van der Waals surface area contributed by atoms with E-state index >= 15 is 0 Å². The molecule has 0 radical (unpaired) electrons. The van der Waals surface area contributed by atoms with Crippen LogP contribution in [0.2, 0.25) is 0 Å². The molecule has 0 N–H and O–H groups in total. The molecule has 0 heterocycles. The molecule has 1 heteroatoms. The van der Waals surface area contributed by atoms with Gasteiger partial charge in [0.2, 0.25) is 0 Å². The lowest BCUT2D eigenvalue weighted by Gasteiger charge is -2.26. The highest BCUT2D eigenvalue weighted by Crippen LogP contribution is 2.40. The molecule has 0 bridgehead atoms. The van der Waals surface area contributed by atoms with E-state index in [1.807, 2.05) is 0 Å². The molecule has 1 atom stereocenters. The minimum absolute atomic E-state index is 0.336. The molecule has 0 aromatic heterocycles. The van der Waals surface area contributed by atoms with Crippen LogP contribution in [0.4, 0.5) is 0 Å². The van der Waals surface area contributed by atoms with Crippen molar-refractivity contribution in [2.24, 2.45) is 0 Å². The standard InChI is InChI=1S/C21H21P/c1-18(17-19-11-5-2-6-12-19)22(20-13-7-3-8-14-20)21-15-9-4-10-16-21/h2-16,18H,17H2,1H3. The molecule has 0 aliphatic rings. The van der Waals surface area contributed by atoms with Crippen molar-refractivity contribution < 1.29 is 0 Å². The molecule has 0 amide bonds. The first kappa shape index (κ1) is 15.0. The van der Waals surface area contributed by atoms with Crippen LogP contribution in [0.25, 0.3) is 0 Å². The highest BCUT2D eigenvalue weighted by Gasteiger charge is 2.20. The monoisotopic (exact) mass is 304 g/mol. The zero-order chi connectivity index (χ0) is 15.2. The summed E-state index contributed by atoms with van der Waals surface area (Å²) in [6, 6.07) is 32.8. The van der Waals surface area contributed by atoms with Crippen LogP contribution in [0, 0.1) is 0 Å². The molecule has 1 unspecified atom stereocenters. The topological polar surface area (TPSA) is 0 Å². The van der Waals surface area contributed by atoms with Gasteiger partial charge in [0.05, 0.1) is 0 Å². The Labute approximate surface area is 134 Å². The lowest BCUT2D eigenvalue weighted by atomic mass is 10.1. The van der Waals surface area contributed by atoms with Gasteiger partial charge in [0.15, 0.2) is 0 Å². The zero-order valence-corrected chi connectivity index (χ0v) is 13.8. The van der Waals surface area contributed by atoms with E-state index in [9.17, 15) is 0 Å². The number of benzene rings is 3. The summed E-state index contributed by atoms with van der Waals surface area (Å²) in [6.07, 6.45) is 1.12. The maximum Gasteiger partial charge on any atom is -0.0117 e. The maximum atomic E-state index is 2.39. The minimum Gasteiger partial charge on any atom is -0.0622 e. The summed E-state index contributed by atoms with van der Waals surface area (Å²) in [7, 11) is -0.336. The molecule has 0 nitrogen and oxygen atoms in total. The Morgan fingerprint density at radius 3 is 1.50 bits per heavy atom. The minimum atomic E-state index is -0.336. The Morgan fingerprint density at radius 1 is 0.636 bits per heavy atom.